The molecule has 0 N–H and O–H groups in total. The first-order chi connectivity index (χ1) is 9.54. The van der Waals surface area contributed by atoms with Crippen molar-refractivity contribution in [1.82, 2.24) is 4.90 Å². The molecule has 0 bridgehead atoms. The zero-order chi connectivity index (χ0) is 14.7. The van der Waals surface area contributed by atoms with Crippen molar-refractivity contribution in [2.45, 2.75) is 32.8 Å². The van der Waals surface area contributed by atoms with Gasteiger partial charge in [0.25, 0.3) is 11.8 Å². The summed E-state index contributed by atoms with van der Waals surface area (Å²) in [6.45, 7) is 3.39. The summed E-state index contributed by atoms with van der Waals surface area (Å²) in [7, 11) is 0. The highest BCUT2D eigenvalue weighted by Gasteiger charge is 2.36. The van der Waals surface area contributed by atoms with E-state index in [1.54, 1.807) is 24.3 Å². The first kappa shape index (κ1) is 14.2. The van der Waals surface area contributed by atoms with E-state index in [4.69, 9.17) is 4.74 Å². The maximum atomic E-state index is 12.2. The molecule has 0 saturated carbocycles. The molecule has 106 valence electrons. The van der Waals surface area contributed by atoms with Crippen LogP contribution < -0.4 is 0 Å². The molecule has 1 aromatic rings. The summed E-state index contributed by atoms with van der Waals surface area (Å²) >= 11 is 0. The van der Waals surface area contributed by atoms with Crippen LogP contribution in [0.4, 0.5) is 0 Å². The Kier molecular flexibility index (Phi) is 4.17. The van der Waals surface area contributed by atoms with E-state index in [1.165, 1.54) is 6.92 Å². The summed E-state index contributed by atoms with van der Waals surface area (Å²) in [5, 5.41) is 0. The molecule has 20 heavy (non-hydrogen) atoms. The Morgan fingerprint density at radius 1 is 1.20 bits per heavy atom. The fraction of sp³-hybridized carbons (Fsp3) is 0.400. The summed E-state index contributed by atoms with van der Waals surface area (Å²) in [4.78, 5) is 36.6. The second kappa shape index (κ2) is 5.86. The number of carbonyl (C=O) groups is 3. The van der Waals surface area contributed by atoms with Gasteiger partial charge in [0.1, 0.15) is 6.10 Å². The van der Waals surface area contributed by atoms with Crippen LogP contribution in [0.3, 0.4) is 0 Å². The Labute approximate surface area is 117 Å². The summed E-state index contributed by atoms with van der Waals surface area (Å²) in [6, 6.07) is 6.72. The number of benzene rings is 1. The number of rotatable bonds is 5. The number of nitrogens with zero attached hydrogens (tertiary/aromatic N) is 1. The van der Waals surface area contributed by atoms with Crippen molar-refractivity contribution in [3.05, 3.63) is 35.4 Å². The minimum absolute atomic E-state index is 0.111. The summed E-state index contributed by atoms with van der Waals surface area (Å²) in [5.74, 6) is -1.04. The van der Waals surface area contributed by atoms with Gasteiger partial charge in [0.05, 0.1) is 17.7 Å². The first-order valence-electron chi connectivity index (χ1n) is 6.67. The fourth-order valence-electron chi connectivity index (χ4n) is 2.35. The third-order valence-electron chi connectivity index (χ3n) is 3.21. The van der Waals surface area contributed by atoms with Crippen LogP contribution in [0.15, 0.2) is 24.3 Å². The van der Waals surface area contributed by atoms with E-state index in [-0.39, 0.29) is 18.4 Å². The molecular formula is C15H17NO4. The van der Waals surface area contributed by atoms with Gasteiger partial charge in [-0.25, -0.2) is 0 Å². The van der Waals surface area contributed by atoms with Gasteiger partial charge in [-0.1, -0.05) is 25.5 Å². The third-order valence-corrected chi connectivity index (χ3v) is 3.21. The van der Waals surface area contributed by atoms with Crippen LogP contribution in [0.1, 0.15) is 47.4 Å². The van der Waals surface area contributed by atoms with E-state index in [2.05, 4.69) is 0 Å². The van der Waals surface area contributed by atoms with Gasteiger partial charge in [-0.05, 0) is 18.6 Å². The van der Waals surface area contributed by atoms with Crippen LogP contribution in [0.25, 0.3) is 0 Å². The second-order valence-electron chi connectivity index (χ2n) is 4.79. The molecule has 2 amide bonds. The van der Waals surface area contributed by atoms with Crippen molar-refractivity contribution in [3.63, 3.8) is 0 Å². The van der Waals surface area contributed by atoms with Gasteiger partial charge in [-0.3, -0.25) is 19.3 Å². The molecule has 1 unspecified atom stereocenters. The Morgan fingerprint density at radius 2 is 1.75 bits per heavy atom. The van der Waals surface area contributed by atoms with Gasteiger partial charge >= 0.3 is 5.97 Å². The lowest BCUT2D eigenvalue weighted by Gasteiger charge is -2.21. The SMILES string of the molecule is CCCC(CN1C(=O)c2ccccc2C1=O)OC(C)=O. The first-order valence-corrected chi connectivity index (χ1v) is 6.67. The van der Waals surface area contributed by atoms with E-state index >= 15 is 0 Å². The molecule has 0 aromatic heterocycles. The number of hydrogen-bond donors (Lipinski definition) is 0. The lowest BCUT2D eigenvalue weighted by atomic mass is 10.1. The van der Waals surface area contributed by atoms with Crippen molar-refractivity contribution in [1.29, 1.82) is 0 Å². The van der Waals surface area contributed by atoms with Crippen LogP contribution in [-0.2, 0) is 9.53 Å². The molecule has 0 saturated heterocycles. The molecule has 1 aliphatic rings. The average molecular weight is 275 g/mol. The van der Waals surface area contributed by atoms with Crippen LogP contribution in [-0.4, -0.2) is 35.3 Å². The normalized spacial score (nSPS) is 15.2. The number of esters is 1. The minimum atomic E-state index is -0.445. The summed E-state index contributed by atoms with van der Waals surface area (Å²) < 4.78 is 5.16. The Hall–Kier alpha value is -2.17. The predicted molar refractivity (Wildman–Crippen MR) is 72.3 cm³/mol. The van der Waals surface area contributed by atoms with Gasteiger partial charge in [-0.15, -0.1) is 0 Å². The Balaban J connectivity index is 2.16. The van der Waals surface area contributed by atoms with Gasteiger partial charge in [0.15, 0.2) is 0 Å². The number of ether oxygens (including phenoxy) is 1. The quantitative estimate of drug-likeness (QED) is 0.609. The molecule has 2 rings (SSSR count). The molecule has 0 radical (unpaired) electrons. The smallest absolute Gasteiger partial charge is 0.302 e. The van der Waals surface area contributed by atoms with E-state index in [0.29, 0.717) is 17.5 Å². The number of carbonyl (C=O) groups excluding carboxylic acids is 3. The molecule has 1 aromatic carbocycles. The van der Waals surface area contributed by atoms with Crippen LogP contribution in [0, 0.1) is 0 Å². The molecule has 5 heteroatoms. The maximum Gasteiger partial charge on any atom is 0.302 e. The van der Waals surface area contributed by atoms with E-state index in [1.807, 2.05) is 6.92 Å². The van der Waals surface area contributed by atoms with Gasteiger partial charge < -0.3 is 4.74 Å². The van der Waals surface area contributed by atoms with Crippen molar-refractivity contribution < 1.29 is 19.1 Å². The highest BCUT2D eigenvalue weighted by molar-refractivity contribution is 6.21. The maximum absolute atomic E-state index is 12.2. The molecule has 1 heterocycles. The number of fused-ring (bicyclic) bond motifs is 1. The van der Waals surface area contributed by atoms with Crippen LogP contribution in [0.5, 0.6) is 0 Å². The highest BCUT2D eigenvalue weighted by atomic mass is 16.5. The standard InChI is InChI=1S/C15H17NO4/c1-3-6-11(20-10(2)17)9-16-14(18)12-7-4-5-8-13(12)15(16)19/h4-5,7-8,11H,3,6,9H2,1-2H3. The van der Waals surface area contributed by atoms with Crippen molar-refractivity contribution in [2.75, 3.05) is 6.54 Å². The van der Waals surface area contributed by atoms with Gasteiger partial charge in [-0.2, -0.15) is 0 Å². The molecule has 0 fully saturated rings. The van der Waals surface area contributed by atoms with Crippen LogP contribution in [0.2, 0.25) is 0 Å². The van der Waals surface area contributed by atoms with E-state index in [9.17, 15) is 14.4 Å². The van der Waals surface area contributed by atoms with Gasteiger partial charge in [0, 0.05) is 6.92 Å². The number of hydrogen-bond acceptors (Lipinski definition) is 4. The second-order valence-corrected chi connectivity index (χ2v) is 4.79. The molecule has 0 spiro atoms. The third kappa shape index (κ3) is 2.71. The summed E-state index contributed by atoms with van der Waals surface area (Å²) in [6.07, 6.45) is 0.980. The molecule has 5 nitrogen and oxygen atoms in total. The van der Waals surface area contributed by atoms with Crippen molar-refractivity contribution >= 4 is 17.8 Å². The largest absolute Gasteiger partial charge is 0.461 e. The van der Waals surface area contributed by atoms with Crippen LogP contribution >= 0.6 is 0 Å². The van der Waals surface area contributed by atoms with E-state index < -0.39 is 12.1 Å². The molecule has 1 aliphatic heterocycles. The monoisotopic (exact) mass is 275 g/mol. The zero-order valence-corrected chi connectivity index (χ0v) is 11.6. The lowest BCUT2D eigenvalue weighted by molar-refractivity contribution is -0.147. The lowest BCUT2D eigenvalue weighted by Crippen LogP contribution is -2.38. The summed E-state index contributed by atoms with van der Waals surface area (Å²) in [5.41, 5.74) is 0.825. The zero-order valence-electron chi connectivity index (χ0n) is 11.6. The van der Waals surface area contributed by atoms with Crippen molar-refractivity contribution in [3.8, 4) is 0 Å². The topological polar surface area (TPSA) is 63.7 Å². The highest BCUT2D eigenvalue weighted by Crippen LogP contribution is 2.23. The average Bonchev–Trinajstić information content (AvgIpc) is 2.64. The fourth-order valence-corrected chi connectivity index (χ4v) is 2.35. The number of imide groups is 1. The number of amides is 2. The minimum Gasteiger partial charge on any atom is -0.461 e. The van der Waals surface area contributed by atoms with Crippen molar-refractivity contribution in [2.24, 2.45) is 0 Å². The van der Waals surface area contributed by atoms with E-state index in [0.717, 1.165) is 11.3 Å². The Morgan fingerprint density at radius 3 is 2.20 bits per heavy atom. The molecule has 1 atom stereocenters. The van der Waals surface area contributed by atoms with Gasteiger partial charge in [0.2, 0.25) is 0 Å². The predicted octanol–water partition coefficient (Wildman–Crippen LogP) is 2.01. The molecule has 0 aliphatic carbocycles. The Bertz CT molecular complexity index is 518. The molecular weight excluding hydrogens is 258 g/mol.